The normalized spacial score (nSPS) is 12.4. The molecule has 0 N–H and O–H groups in total. The van der Waals surface area contributed by atoms with Gasteiger partial charge in [-0.3, -0.25) is 0 Å². The molecule has 0 saturated heterocycles. The molecular formula is C8H4F6INO2. The minimum Gasteiger partial charge on any atom is -0.480 e. The lowest BCUT2D eigenvalue weighted by atomic mass is 10.2. The fourth-order valence-electron chi connectivity index (χ4n) is 1.08. The largest absolute Gasteiger partial charge is 0.573 e. The Balaban J connectivity index is 3.46. The maximum atomic E-state index is 12.7. The zero-order chi connectivity index (χ0) is 14.1. The number of rotatable bonds is 2. The topological polar surface area (TPSA) is 31.4 Å². The summed E-state index contributed by atoms with van der Waals surface area (Å²) in [6.45, 7) is 0. The number of hydrogen-bond donors (Lipinski definition) is 0. The van der Waals surface area contributed by atoms with Gasteiger partial charge in [0.25, 0.3) is 0 Å². The summed E-state index contributed by atoms with van der Waals surface area (Å²) in [5.41, 5.74) is -1.70. The van der Waals surface area contributed by atoms with Crippen LogP contribution in [0.5, 0.6) is 11.6 Å². The molecule has 1 aromatic rings. The van der Waals surface area contributed by atoms with E-state index in [1.807, 2.05) is 0 Å². The molecule has 102 valence electrons. The van der Waals surface area contributed by atoms with E-state index in [0.29, 0.717) is 0 Å². The van der Waals surface area contributed by atoms with E-state index >= 15 is 0 Å². The minimum absolute atomic E-state index is 0.432. The SMILES string of the molecule is COc1ncc(I)c(OC(F)(F)F)c1C(F)(F)F. The van der Waals surface area contributed by atoms with E-state index in [1.165, 1.54) is 22.6 Å². The Morgan fingerprint density at radius 2 is 1.72 bits per heavy atom. The Kier molecular flexibility index (Phi) is 4.18. The van der Waals surface area contributed by atoms with Crippen molar-refractivity contribution < 1.29 is 35.8 Å². The highest BCUT2D eigenvalue weighted by Gasteiger charge is 2.44. The smallest absolute Gasteiger partial charge is 0.480 e. The first-order valence-corrected chi connectivity index (χ1v) is 5.19. The van der Waals surface area contributed by atoms with Crippen LogP contribution in [0.15, 0.2) is 6.20 Å². The molecule has 0 saturated carbocycles. The van der Waals surface area contributed by atoms with Crippen LogP contribution in [0.25, 0.3) is 0 Å². The molecule has 0 fully saturated rings. The molecule has 0 atom stereocenters. The molecule has 0 amide bonds. The predicted molar refractivity (Wildman–Crippen MR) is 55.2 cm³/mol. The lowest BCUT2D eigenvalue weighted by Crippen LogP contribution is -2.22. The van der Waals surface area contributed by atoms with Gasteiger partial charge in [-0.15, -0.1) is 13.2 Å². The van der Waals surface area contributed by atoms with Crippen LogP contribution < -0.4 is 9.47 Å². The third-order valence-corrected chi connectivity index (χ3v) is 2.42. The first kappa shape index (κ1) is 15.1. The summed E-state index contributed by atoms with van der Waals surface area (Å²) in [7, 11) is 0.863. The van der Waals surface area contributed by atoms with Crippen molar-refractivity contribution in [2.45, 2.75) is 12.5 Å². The summed E-state index contributed by atoms with van der Waals surface area (Å²) in [5, 5.41) is 0. The van der Waals surface area contributed by atoms with Crippen molar-refractivity contribution in [1.82, 2.24) is 4.98 Å². The second-order valence-corrected chi connectivity index (χ2v) is 4.03. The number of halogens is 7. The van der Waals surface area contributed by atoms with Gasteiger partial charge in [-0.25, -0.2) is 4.98 Å². The Morgan fingerprint density at radius 3 is 2.11 bits per heavy atom. The molecule has 18 heavy (non-hydrogen) atoms. The first-order chi connectivity index (χ1) is 8.06. The summed E-state index contributed by atoms with van der Waals surface area (Å²) < 4.78 is 81.5. The highest BCUT2D eigenvalue weighted by molar-refractivity contribution is 14.1. The average Bonchev–Trinajstić information content (AvgIpc) is 2.17. The van der Waals surface area contributed by atoms with Gasteiger partial charge in [0.05, 0.1) is 10.7 Å². The fourth-order valence-corrected chi connectivity index (χ4v) is 1.59. The molecule has 3 nitrogen and oxygen atoms in total. The molecule has 1 rings (SSSR count). The van der Waals surface area contributed by atoms with Gasteiger partial charge in [-0.1, -0.05) is 0 Å². The van der Waals surface area contributed by atoms with Crippen molar-refractivity contribution in [3.05, 3.63) is 15.3 Å². The molecular weight excluding hydrogens is 383 g/mol. The highest BCUT2D eigenvalue weighted by Crippen LogP contribution is 2.44. The van der Waals surface area contributed by atoms with Crippen LogP contribution in [-0.4, -0.2) is 18.5 Å². The molecule has 0 aliphatic rings. The molecule has 0 aromatic carbocycles. The lowest BCUT2D eigenvalue weighted by molar-refractivity contribution is -0.276. The zero-order valence-electron chi connectivity index (χ0n) is 8.49. The number of pyridine rings is 1. The maximum Gasteiger partial charge on any atom is 0.573 e. The van der Waals surface area contributed by atoms with Crippen LogP contribution in [-0.2, 0) is 6.18 Å². The van der Waals surface area contributed by atoms with Gasteiger partial charge in [0.2, 0.25) is 5.88 Å². The van der Waals surface area contributed by atoms with Gasteiger partial charge in [0.15, 0.2) is 11.3 Å². The summed E-state index contributed by atoms with van der Waals surface area (Å²) in [6, 6.07) is 0. The molecule has 0 aliphatic heterocycles. The molecule has 10 heteroatoms. The van der Waals surface area contributed by atoms with E-state index in [0.717, 1.165) is 13.3 Å². The highest BCUT2D eigenvalue weighted by atomic mass is 127. The molecule has 0 aliphatic carbocycles. The van der Waals surface area contributed by atoms with E-state index in [-0.39, 0.29) is 0 Å². The summed E-state index contributed by atoms with van der Waals surface area (Å²) in [4.78, 5) is 3.26. The van der Waals surface area contributed by atoms with Crippen molar-refractivity contribution >= 4 is 22.6 Å². The predicted octanol–water partition coefficient (Wildman–Crippen LogP) is 3.61. The number of aromatic nitrogens is 1. The van der Waals surface area contributed by atoms with E-state index < -0.39 is 33.3 Å². The second-order valence-electron chi connectivity index (χ2n) is 2.87. The number of ether oxygens (including phenoxy) is 2. The lowest BCUT2D eigenvalue weighted by Gasteiger charge is -2.18. The average molecular weight is 387 g/mol. The summed E-state index contributed by atoms with van der Waals surface area (Å²) >= 11 is 1.26. The van der Waals surface area contributed by atoms with Gasteiger partial charge < -0.3 is 9.47 Å². The van der Waals surface area contributed by atoms with Crippen LogP contribution in [0, 0.1) is 3.57 Å². The monoisotopic (exact) mass is 387 g/mol. The minimum atomic E-state index is -5.24. The van der Waals surface area contributed by atoms with Crippen LogP contribution in [0.4, 0.5) is 26.3 Å². The van der Waals surface area contributed by atoms with Crippen molar-refractivity contribution in [3.8, 4) is 11.6 Å². The van der Waals surface area contributed by atoms with Crippen LogP contribution in [0.1, 0.15) is 5.56 Å². The molecule has 0 spiro atoms. The Hall–Kier alpha value is -0.940. The molecule has 0 radical (unpaired) electrons. The van der Waals surface area contributed by atoms with E-state index in [4.69, 9.17) is 0 Å². The second kappa shape index (κ2) is 4.97. The van der Waals surface area contributed by atoms with Gasteiger partial charge in [0, 0.05) is 6.20 Å². The molecule has 0 bridgehead atoms. The van der Waals surface area contributed by atoms with Crippen LogP contribution in [0.2, 0.25) is 0 Å². The Morgan fingerprint density at radius 1 is 1.17 bits per heavy atom. The molecule has 1 heterocycles. The first-order valence-electron chi connectivity index (χ1n) is 4.11. The quantitative estimate of drug-likeness (QED) is 0.574. The number of alkyl halides is 6. The van der Waals surface area contributed by atoms with Gasteiger partial charge in [-0.2, -0.15) is 13.2 Å². The number of hydrogen-bond acceptors (Lipinski definition) is 3. The van der Waals surface area contributed by atoms with Crippen molar-refractivity contribution in [2.24, 2.45) is 0 Å². The van der Waals surface area contributed by atoms with Crippen LogP contribution in [0.3, 0.4) is 0 Å². The molecule has 0 unspecified atom stereocenters. The van der Waals surface area contributed by atoms with Crippen molar-refractivity contribution in [2.75, 3.05) is 7.11 Å². The van der Waals surface area contributed by atoms with Crippen molar-refractivity contribution in [1.29, 1.82) is 0 Å². The third-order valence-electron chi connectivity index (χ3n) is 1.65. The zero-order valence-corrected chi connectivity index (χ0v) is 10.6. The van der Waals surface area contributed by atoms with E-state index in [2.05, 4.69) is 14.5 Å². The maximum absolute atomic E-state index is 12.7. The van der Waals surface area contributed by atoms with E-state index in [9.17, 15) is 26.3 Å². The Bertz CT molecular complexity index is 444. The number of methoxy groups -OCH3 is 1. The Labute approximate surface area is 110 Å². The third kappa shape index (κ3) is 3.53. The van der Waals surface area contributed by atoms with Crippen molar-refractivity contribution in [3.63, 3.8) is 0 Å². The standard InChI is InChI=1S/C8H4F6INO2/c1-17-6-4(7(9,10)11)5(3(15)2-16-6)18-8(12,13)14/h2H,1H3. The van der Waals surface area contributed by atoms with E-state index in [1.54, 1.807) is 0 Å². The summed E-state index contributed by atoms with van der Waals surface area (Å²) in [6.07, 6.45) is -9.54. The van der Waals surface area contributed by atoms with Gasteiger partial charge in [0.1, 0.15) is 0 Å². The van der Waals surface area contributed by atoms with Crippen LogP contribution >= 0.6 is 22.6 Å². The summed E-state index contributed by atoms with van der Waals surface area (Å²) in [5.74, 6) is -2.36. The van der Waals surface area contributed by atoms with Gasteiger partial charge >= 0.3 is 12.5 Å². The number of nitrogens with zero attached hydrogens (tertiary/aromatic N) is 1. The fraction of sp³-hybridized carbons (Fsp3) is 0.375. The molecule has 1 aromatic heterocycles. The van der Waals surface area contributed by atoms with Gasteiger partial charge in [-0.05, 0) is 22.6 Å².